The van der Waals surface area contributed by atoms with Crippen LogP contribution in [0.15, 0.2) is 24.3 Å². The van der Waals surface area contributed by atoms with E-state index in [0.29, 0.717) is 11.8 Å². The second-order valence-electron chi connectivity index (χ2n) is 5.02. The van der Waals surface area contributed by atoms with Crippen LogP contribution >= 0.6 is 0 Å². The largest absolute Gasteiger partial charge is 0.423 e. The molecule has 0 unspecified atom stereocenters. The Labute approximate surface area is 117 Å². The number of fused-ring (bicyclic) bond motifs is 1. The van der Waals surface area contributed by atoms with Crippen LogP contribution in [0.5, 0.6) is 11.8 Å². The van der Waals surface area contributed by atoms with Crippen molar-refractivity contribution in [1.29, 1.82) is 0 Å². The molecule has 0 spiro atoms. The lowest BCUT2D eigenvalue weighted by atomic mass is 10.1. The highest BCUT2D eigenvalue weighted by Gasteiger charge is 2.10. The fraction of sp³-hybridized carbons (Fsp3) is 0.267. The molecule has 20 heavy (non-hydrogen) atoms. The summed E-state index contributed by atoms with van der Waals surface area (Å²) in [6, 6.07) is 8.29. The smallest absolute Gasteiger partial charge is 0.343 e. The summed E-state index contributed by atoms with van der Waals surface area (Å²) in [7, 11) is 0. The maximum Gasteiger partial charge on any atom is 0.343 e. The quantitative estimate of drug-likeness (QED) is 0.716. The Morgan fingerprint density at radius 2 is 1.80 bits per heavy atom. The molecule has 102 valence electrons. The zero-order valence-corrected chi connectivity index (χ0v) is 12.0. The van der Waals surface area contributed by atoms with E-state index < -0.39 is 0 Å². The minimum atomic E-state index is 0.318. The van der Waals surface area contributed by atoms with E-state index in [1.54, 1.807) is 4.52 Å². The van der Waals surface area contributed by atoms with Crippen molar-refractivity contribution in [2.45, 2.75) is 27.7 Å². The third-order valence-electron chi connectivity index (χ3n) is 3.13. The van der Waals surface area contributed by atoms with Crippen molar-refractivity contribution in [3.8, 4) is 11.8 Å². The molecule has 0 bridgehead atoms. The number of hydrogen-bond acceptors (Lipinski definition) is 4. The van der Waals surface area contributed by atoms with Gasteiger partial charge in [-0.25, -0.2) is 4.98 Å². The van der Waals surface area contributed by atoms with Gasteiger partial charge in [0.1, 0.15) is 5.75 Å². The van der Waals surface area contributed by atoms with Crippen LogP contribution in [-0.4, -0.2) is 19.6 Å². The second kappa shape index (κ2) is 4.59. The van der Waals surface area contributed by atoms with Crippen LogP contribution in [0.2, 0.25) is 0 Å². The average molecular weight is 268 g/mol. The summed E-state index contributed by atoms with van der Waals surface area (Å²) in [5, 5.41) is 4.33. The molecule has 0 atom stereocenters. The predicted molar refractivity (Wildman–Crippen MR) is 76.2 cm³/mol. The summed E-state index contributed by atoms with van der Waals surface area (Å²) in [5.41, 5.74) is 4.16. The zero-order chi connectivity index (χ0) is 14.3. The molecule has 0 N–H and O–H groups in total. The van der Waals surface area contributed by atoms with Gasteiger partial charge in [-0.3, -0.25) is 0 Å². The van der Waals surface area contributed by atoms with E-state index in [1.807, 2.05) is 39.0 Å². The van der Waals surface area contributed by atoms with E-state index in [0.717, 1.165) is 22.7 Å². The molecule has 0 saturated heterocycles. The maximum absolute atomic E-state index is 5.76. The highest BCUT2D eigenvalue weighted by atomic mass is 16.5. The van der Waals surface area contributed by atoms with Crippen molar-refractivity contribution in [1.82, 2.24) is 19.6 Å². The van der Waals surface area contributed by atoms with E-state index >= 15 is 0 Å². The lowest BCUT2D eigenvalue weighted by Gasteiger charge is -2.05. The SMILES string of the molecule is Cc1ccc(Oc2nc3nc(C)cc(C)n3n2)c(C)c1. The Hall–Kier alpha value is -2.43. The lowest BCUT2D eigenvalue weighted by Crippen LogP contribution is -1.97. The Kier molecular flexibility index (Phi) is 2.89. The van der Waals surface area contributed by atoms with Gasteiger partial charge in [0.2, 0.25) is 0 Å². The molecule has 2 heterocycles. The molecule has 0 aliphatic rings. The van der Waals surface area contributed by atoms with Crippen LogP contribution in [0.3, 0.4) is 0 Å². The summed E-state index contributed by atoms with van der Waals surface area (Å²) >= 11 is 0. The highest BCUT2D eigenvalue weighted by molar-refractivity contribution is 5.38. The first-order chi connectivity index (χ1) is 9.52. The maximum atomic E-state index is 5.76. The Morgan fingerprint density at radius 1 is 1.00 bits per heavy atom. The van der Waals surface area contributed by atoms with E-state index in [-0.39, 0.29) is 0 Å². The van der Waals surface area contributed by atoms with Gasteiger partial charge in [-0.05, 0) is 45.4 Å². The predicted octanol–water partition coefficient (Wildman–Crippen LogP) is 3.15. The normalized spacial score (nSPS) is 11.0. The van der Waals surface area contributed by atoms with Crippen molar-refractivity contribution < 1.29 is 4.74 Å². The Morgan fingerprint density at radius 3 is 2.55 bits per heavy atom. The van der Waals surface area contributed by atoms with Crippen molar-refractivity contribution in [2.24, 2.45) is 0 Å². The topological polar surface area (TPSA) is 52.3 Å². The molecule has 0 amide bonds. The van der Waals surface area contributed by atoms with Crippen LogP contribution in [0.4, 0.5) is 0 Å². The molecule has 0 aliphatic heterocycles. The number of aryl methyl sites for hydroxylation is 4. The minimum absolute atomic E-state index is 0.318. The van der Waals surface area contributed by atoms with Gasteiger partial charge in [-0.1, -0.05) is 17.7 Å². The van der Waals surface area contributed by atoms with Gasteiger partial charge in [0.05, 0.1) is 0 Å². The number of nitrogens with zero attached hydrogens (tertiary/aromatic N) is 4. The highest BCUT2D eigenvalue weighted by Crippen LogP contribution is 2.23. The number of aromatic nitrogens is 4. The first-order valence-electron chi connectivity index (χ1n) is 6.49. The van der Waals surface area contributed by atoms with Crippen LogP contribution in [0.1, 0.15) is 22.5 Å². The van der Waals surface area contributed by atoms with E-state index in [2.05, 4.69) is 28.1 Å². The van der Waals surface area contributed by atoms with Crippen molar-refractivity contribution in [3.05, 3.63) is 46.8 Å². The monoisotopic (exact) mass is 268 g/mol. The summed E-state index contributed by atoms with van der Waals surface area (Å²) < 4.78 is 7.45. The van der Waals surface area contributed by atoms with E-state index in [4.69, 9.17) is 4.74 Å². The number of benzene rings is 1. The third-order valence-corrected chi connectivity index (χ3v) is 3.13. The molecule has 3 rings (SSSR count). The summed E-state index contributed by atoms with van der Waals surface area (Å²) in [5.74, 6) is 1.32. The first kappa shape index (κ1) is 12.6. The van der Waals surface area contributed by atoms with E-state index in [1.165, 1.54) is 5.56 Å². The Balaban J connectivity index is 2.01. The lowest BCUT2D eigenvalue weighted by molar-refractivity contribution is 0.439. The molecule has 0 fully saturated rings. The van der Waals surface area contributed by atoms with Gasteiger partial charge >= 0.3 is 6.01 Å². The van der Waals surface area contributed by atoms with Gasteiger partial charge < -0.3 is 4.74 Å². The van der Waals surface area contributed by atoms with Crippen LogP contribution in [0.25, 0.3) is 5.78 Å². The summed E-state index contributed by atoms with van der Waals surface area (Å²) in [4.78, 5) is 8.66. The molecular weight excluding hydrogens is 252 g/mol. The average Bonchev–Trinajstić information content (AvgIpc) is 2.75. The standard InChI is InChI=1S/C15H16N4O/c1-9-5-6-13(10(2)7-9)20-15-17-14-16-11(3)8-12(4)19(14)18-15/h5-8H,1-4H3. The van der Waals surface area contributed by atoms with Gasteiger partial charge in [0.25, 0.3) is 5.78 Å². The van der Waals surface area contributed by atoms with Crippen LogP contribution in [-0.2, 0) is 0 Å². The van der Waals surface area contributed by atoms with Gasteiger partial charge in [-0.2, -0.15) is 9.50 Å². The fourth-order valence-electron chi connectivity index (χ4n) is 2.20. The van der Waals surface area contributed by atoms with Crippen LogP contribution in [0, 0.1) is 27.7 Å². The molecular formula is C15H16N4O. The van der Waals surface area contributed by atoms with Gasteiger partial charge in [0.15, 0.2) is 0 Å². The van der Waals surface area contributed by atoms with E-state index in [9.17, 15) is 0 Å². The molecule has 3 aromatic rings. The Bertz CT molecular complexity index is 792. The van der Waals surface area contributed by atoms with Crippen molar-refractivity contribution >= 4 is 5.78 Å². The van der Waals surface area contributed by atoms with Gasteiger partial charge in [0, 0.05) is 11.4 Å². The number of ether oxygens (including phenoxy) is 1. The molecule has 0 aliphatic carbocycles. The molecule has 0 radical (unpaired) electrons. The fourth-order valence-corrected chi connectivity index (χ4v) is 2.20. The third kappa shape index (κ3) is 2.22. The van der Waals surface area contributed by atoms with Crippen molar-refractivity contribution in [3.63, 3.8) is 0 Å². The number of rotatable bonds is 2. The summed E-state index contributed by atoms with van der Waals surface area (Å²) in [6.45, 7) is 7.96. The summed E-state index contributed by atoms with van der Waals surface area (Å²) in [6.07, 6.45) is 0. The first-order valence-corrected chi connectivity index (χ1v) is 6.49. The van der Waals surface area contributed by atoms with Crippen LogP contribution < -0.4 is 4.74 Å². The molecule has 1 aromatic carbocycles. The zero-order valence-electron chi connectivity index (χ0n) is 12.0. The molecule has 5 nitrogen and oxygen atoms in total. The second-order valence-corrected chi connectivity index (χ2v) is 5.02. The molecule has 0 saturated carbocycles. The van der Waals surface area contributed by atoms with Gasteiger partial charge in [-0.15, -0.1) is 5.10 Å². The molecule has 5 heteroatoms. The number of hydrogen-bond donors (Lipinski definition) is 0. The minimum Gasteiger partial charge on any atom is -0.423 e. The van der Waals surface area contributed by atoms with Crippen molar-refractivity contribution in [2.75, 3.05) is 0 Å². The molecule has 2 aromatic heterocycles.